The number of hydrogen-bond donors (Lipinski definition) is 2. The molecule has 0 saturated heterocycles. The lowest BCUT2D eigenvalue weighted by atomic mass is 10.1. The van der Waals surface area contributed by atoms with Crippen molar-refractivity contribution in [1.82, 2.24) is 14.9 Å². The van der Waals surface area contributed by atoms with Crippen molar-refractivity contribution in [1.29, 1.82) is 0 Å². The molecule has 1 heterocycles. The SMILES string of the molecule is CC(C)(C)OC(=O)N[C@@H](Cc1ccc(I)c(Br)c1)c1nc2ccccc2n1C(=O)O. The second kappa shape index (κ2) is 8.93. The average molecular weight is 586 g/mol. The second-order valence-electron chi connectivity index (χ2n) is 7.73. The molecule has 0 bridgehead atoms. The van der Waals surface area contributed by atoms with Gasteiger partial charge in [-0.05, 0) is 89.1 Å². The van der Waals surface area contributed by atoms with E-state index in [9.17, 15) is 14.7 Å². The molecular weight excluding hydrogens is 565 g/mol. The number of carbonyl (C=O) groups is 2. The molecule has 0 aliphatic carbocycles. The number of carbonyl (C=O) groups excluding carboxylic acids is 1. The number of alkyl carbamates (subject to hydrolysis) is 1. The molecule has 0 aliphatic rings. The van der Waals surface area contributed by atoms with Crippen LogP contribution in [0.3, 0.4) is 0 Å². The Hall–Kier alpha value is -2.14. The highest BCUT2D eigenvalue weighted by Crippen LogP contribution is 2.27. The van der Waals surface area contributed by atoms with E-state index in [2.05, 4.69) is 48.8 Å². The Kier molecular flexibility index (Phi) is 6.71. The van der Waals surface area contributed by atoms with Crippen LogP contribution in [0.5, 0.6) is 0 Å². The predicted octanol–water partition coefficient (Wildman–Crippen LogP) is 5.74. The maximum Gasteiger partial charge on any atom is 0.417 e. The quantitative estimate of drug-likeness (QED) is 0.381. The number of amides is 1. The van der Waals surface area contributed by atoms with Gasteiger partial charge in [-0.3, -0.25) is 0 Å². The predicted molar refractivity (Wildman–Crippen MR) is 126 cm³/mol. The van der Waals surface area contributed by atoms with Crippen LogP contribution in [-0.2, 0) is 11.2 Å². The third-order valence-electron chi connectivity index (χ3n) is 4.20. The van der Waals surface area contributed by atoms with Gasteiger partial charge in [0.15, 0.2) is 0 Å². The van der Waals surface area contributed by atoms with E-state index in [1.165, 1.54) is 0 Å². The minimum atomic E-state index is -1.17. The Morgan fingerprint density at radius 1 is 1.27 bits per heavy atom. The molecule has 30 heavy (non-hydrogen) atoms. The number of imidazole rings is 1. The van der Waals surface area contributed by atoms with Crippen molar-refractivity contribution in [3.8, 4) is 0 Å². The number of rotatable bonds is 4. The zero-order chi connectivity index (χ0) is 22.1. The molecule has 1 atom stereocenters. The first-order valence-electron chi connectivity index (χ1n) is 9.19. The van der Waals surface area contributed by atoms with Crippen molar-refractivity contribution in [2.24, 2.45) is 0 Å². The maximum absolute atomic E-state index is 12.5. The van der Waals surface area contributed by atoms with Crippen LogP contribution in [0, 0.1) is 3.57 Å². The Morgan fingerprint density at radius 2 is 1.97 bits per heavy atom. The van der Waals surface area contributed by atoms with Gasteiger partial charge >= 0.3 is 12.2 Å². The van der Waals surface area contributed by atoms with E-state index < -0.39 is 23.8 Å². The number of nitrogens with zero attached hydrogens (tertiary/aromatic N) is 2. The van der Waals surface area contributed by atoms with E-state index in [1.807, 2.05) is 18.2 Å². The van der Waals surface area contributed by atoms with Gasteiger partial charge in [0.2, 0.25) is 0 Å². The number of benzene rings is 2. The number of carboxylic acid groups (broad SMARTS) is 1. The van der Waals surface area contributed by atoms with Crippen LogP contribution < -0.4 is 5.32 Å². The molecule has 3 rings (SSSR count). The fourth-order valence-electron chi connectivity index (χ4n) is 3.04. The molecule has 1 aromatic heterocycles. The Morgan fingerprint density at radius 3 is 2.60 bits per heavy atom. The van der Waals surface area contributed by atoms with Crippen LogP contribution in [0.25, 0.3) is 11.0 Å². The summed E-state index contributed by atoms with van der Waals surface area (Å²) < 4.78 is 8.48. The first kappa shape index (κ1) is 22.5. The molecule has 9 heteroatoms. The van der Waals surface area contributed by atoms with Gasteiger partial charge in [-0.15, -0.1) is 0 Å². The Balaban J connectivity index is 2.05. The molecule has 0 spiro atoms. The highest BCUT2D eigenvalue weighted by Gasteiger charge is 2.27. The number of halogens is 2. The third-order valence-corrected chi connectivity index (χ3v) is 6.54. The summed E-state index contributed by atoms with van der Waals surface area (Å²) in [6.07, 6.45) is -1.47. The first-order valence-corrected chi connectivity index (χ1v) is 11.1. The zero-order valence-electron chi connectivity index (χ0n) is 16.6. The second-order valence-corrected chi connectivity index (χ2v) is 9.74. The Bertz CT molecular complexity index is 1110. The normalized spacial score (nSPS) is 12.6. The van der Waals surface area contributed by atoms with E-state index in [0.29, 0.717) is 17.5 Å². The van der Waals surface area contributed by atoms with Crippen molar-refractivity contribution in [3.05, 3.63) is 61.9 Å². The van der Waals surface area contributed by atoms with Gasteiger partial charge in [0.25, 0.3) is 0 Å². The van der Waals surface area contributed by atoms with Gasteiger partial charge in [-0.1, -0.05) is 18.2 Å². The minimum Gasteiger partial charge on any atom is -0.464 e. The van der Waals surface area contributed by atoms with E-state index in [-0.39, 0.29) is 5.82 Å². The van der Waals surface area contributed by atoms with Crippen molar-refractivity contribution in [3.63, 3.8) is 0 Å². The van der Waals surface area contributed by atoms with Gasteiger partial charge in [0.05, 0.1) is 17.1 Å². The molecule has 0 unspecified atom stereocenters. The van der Waals surface area contributed by atoms with Crippen LogP contribution in [0.4, 0.5) is 9.59 Å². The lowest BCUT2D eigenvalue weighted by Gasteiger charge is -2.23. The van der Waals surface area contributed by atoms with Crippen molar-refractivity contribution in [2.45, 2.75) is 38.8 Å². The van der Waals surface area contributed by atoms with E-state index in [1.54, 1.807) is 45.0 Å². The molecule has 7 nitrogen and oxygen atoms in total. The summed E-state index contributed by atoms with van der Waals surface area (Å²) in [5, 5.41) is 12.6. The molecule has 3 aromatic rings. The number of ether oxygens (including phenoxy) is 1. The van der Waals surface area contributed by atoms with Crippen LogP contribution in [0.1, 0.15) is 38.2 Å². The topological polar surface area (TPSA) is 93.5 Å². The first-order chi connectivity index (χ1) is 14.0. The molecule has 158 valence electrons. The Labute approximate surface area is 196 Å². The van der Waals surface area contributed by atoms with E-state index >= 15 is 0 Å². The van der Waals surface area contributed by atoms with Crippen LogP contribution in [0.2, 0.25) is 0 Å². The van der Waals surface area contributed by atoms with Crippen LogP contribution in [0.15, 0.2) is 46.9 Å². The minimum absolute atomic E-state index is 0.226. The van der Waals surface area contributed by atoms with Gasteiger partial charge in [0.1, 0.15) is 11.4 Å². The summed E-state index contributed by atoms with van der Waals surface area (Å²) in [5.74, 6) is 0.226. The van der Waals surface area contributed by atoms with Crippen molar-refractivity contribution < 1.29 is 19.4 Å². The number of nitrogens with one attached hydrogen (secondary N) is 1. The van der Waals surface area contributed by atoms with Crippen molar-refractivity contribution in [2.75, 3.05) is 0 Å². The zero-order valence-corrected chi connectivity index (χ0v) is 20.4. The molecule has 1 amide bonds. The summed E-state index contributed by atoms with van der Waals surface area (Å²) in [6, 6.07) is 12.1. The lowest BCUT2D eigenvalue weighted by molar-refractivity contribution is 0.0500. The number of para-hydroxylation sites is 2. The number of hydrogen-bond acceptors (Lipinski definition) is 4. The molecule has 2 aromatic carbocycles. The van der Waals surface area contributed by atoms with Gasteiger partial charge in [-0.25, -0.2) is 19.1 Å². The standard InChI is InChI=1S/C21H21BrIN3O4/c1-21(2,3)30-19(27)25-16(11-12-8-9-14(23)13(22)10-12)18-24-15-6-4-5-7-17(15)26(18)20(28)29/h4-10,16H,11H2,1-3H3,(H,25,27)(H,28,29)/t16-/m0/s1. The summed E-state index contributed by atoms with van der Waals surface area (Å²) in [4.78, 5) is 29.1. The fourth-order valence-corrected chi connectivity index (χ4v) is 3.80. The molecule has 0 saturated carbocycles. The van der Waals surface area contributed by atoms with Crippen LogP contribution in [-0.4, -0.2) is 32.4 Å². The largest absolute Gasteiger partial charge is 0.464 e. The van der Waals surface area contributed by atoms with Gasteiger partial charge < -0.3 is 15.2 Å². The summed E-state index contributed by atoms with van der Waals surface area (Å²) in [7, 11) is 0. The number of aromatic nitrogens is 2. The maximum atomic E-state index is 12.5. The lowest BCUT2D eigenvalue weighted by Crippen LogP contribution is -2.37. The fraction of sp³-hybridized carbons (Fsp3) is 0.286. The average Bonchev–Trinajstić information content (AvgIpc) is 3.02. The van der Waals surface area contributed by atoms with Crippen molar-refractivity contribution >= 4 is 61.7 Å². The molecule has 0 radical (unpaired) electrons. The van der Waals surface area contributed by atoms with E-state index in [4.69, 9.17) is 4.74 Å². The summed E-state index contributed by atoms with van der Waals surface area (Å²) in [5.41, 5.74) is 1.22. The molecular formula is C21H21BrIN3O4. The summed E-state index contributed by atoms with van der Waals surface area (Å²) >= 11 is 5.73. The number of fused-ring (bicyclic) bond motifs is 1. The molecule has 0 aliphatic heterocycles. The van der Waals surface area contributed by atoms with Crippen LogP contribution >= 0.6 is 38.5 Å². The third kappa shape index (κ3) is 5.31. The van der Waals surface area contributed by atoms with Gasteiger partial charge in [0, 0.05) is 14.5 Å². The highest BCUT2D eigenvalue weighted by molar-refractivity contribution is 14.1. The highest BCUT2D eigenvalue weighted by atomic mass is 127. The van der Waals surface area contributed by atoms with E-state index in [0.717, 1.165) is 18.2 Å². The molecule has 2 N–H and O–H groups in total. The molecule has 0 fully saturated rings. The van der Waals surface area contributed by atoms with Gasteiger partial charge in [-0.2, -0.15) is 0 Å². The smallest absolute Gasteiger partial charge is 0.417 e. The summed E-state index contributed by atoms with van der Waals surface area (Å²) in [6.45, 7) is 5.30. The monoisotopic (exact) mass is 585 g/mol.